The average molecular weight is 373 g/mol. The summed E-state index contributed by atoms with van der Waals surface area (Å²) in [5, 5.41) is 0. The van der Waals surface area contributed by atoms with Crippen LogP contribution in [0.5, 0.6) is 0 Å². The lowest BCUT2D eigenvalue weighted by atomic mass is 10.1. The summed E-state index contributed by atoms with van der Waals surface area (Å²) in [7, 11) is -1.91. The van der Waals surface area contributed by atoms with Crippen molar-refractivity contribution in [2.45, 2.75) is 18.1 Å². The Morgan fingerprint density at radius 1 is 1.18 bits per heavy atom. The highest BCUT2D eigenvalue weighted by molar-refractivity contribution is 7.92. The van der Waals surface area contributed by atoms with Gasteiger partial charge in [-0.25, -0.2) is 0 Å². The minimum Gasteiger partial charge on any atom is -0.319 e. The van der Waals surface area contributed by atoms with Gasteiger partial charge in [-0.2, -0.15) is 8.42 Å². The van der Waals surface area contributed by atoms with Crippen LogP contribution in [-0.4, -0.2) is 13.0 Å². The van der Waals surface area contributed by atoms with E-state index < -0.39 is 10.0 Å². The fraction of sp³-hybridized carbons (Fsp3) is 0.214. The van der Waals surface area contributed by atoms with E-state index in [-0.39, 0.29) is 4.21 Å². The maximum Gasteiger partial charge on any atom is 0.294 e. The first-order valence-electron chi connectivity index (χ1n) is 6.41. The van der Waals surface area contributed by atoms with Crippen LogP contribution < -0.4 is 4.80 Å². The van der Waals surface area contributed by atoms with Crippen molar-refractivity contribution in [1.82, 2.24) is 4.57 Å². The van der Waals surface area contributed by atoms with Crippen LogP contribution in [0.1, 0.15) is 11.1 Å². The average Bonchev–Trinajstić information content (AvgIpc) is 2.97. The fourth-order valence-corrected chi connectivity index (χ4v) is 6.00. The number of thiophene rings is 1. The Labute approximate surface area is 141 Å². The Kier molecular flexibility index (Phi) is 3.92. The van der Waals surface area contributed by atoms with Crippen molar-refractivity contribution >= 4 is 54.5 Å². The predicted octanol–water partition coefficient (Wildman–Crippen LogP) is 3.86. The molecule has 0 atom stereocenters. The number of hydrogen-bond acceptors (Lipinski definition) is 4. The summed E-state index contributed by atoms with van der Waals surface area (Å²) < 4.78 is 32.2. The van der Waals surface area contributed by atoms with Crippen LogP contribution in [0, 0.1) is 13.8 Å². The molecule has 2 aromatic heterocycles. The van der Waals surface area contributed by atoms with Gasteiger partial charge in [-0.3, -0.25) is 0 Å². The van der Waals surface area contributed by atoms with Gasteiger partial charge in [0.15, 0.2) is 0 Å². The second-order valence-electron chi connectivity index (χ2n) is 5.00. The van der Waals surface area contributed by atoms with Gasteiger partial charge in [0.1, 0.15) is 4.21 Å². The van der Waals surface area contributed by atoms with Crippen molar-refractivity contribution < 1.29 is 8.42 Å². The molecule has 0 unspecified atom stereocenters. The third-order valence-electron chi connectivity index (χ3n) is 3.24. The van der Waals surface area contributed by atoms with Crippen molar-refractivity contribution in [2.24, 2.45) is 11.4 Å². The first kappa shape index (κ1) is 15.7. The van der Waals surface area contributed by atoms with E-state index in [0.29, 0.717) is 9.14 Å². The summed E-state index contributed by atoms with van der Waals surface area (Å²) in [6.07, 6.45) is 0. The summed E-state index contributed by atoms with van der Waals surface area (Å²) in [5.74, 6) is 0. The molecule has 0 aliphatic heterocycles. The van der Waals surface area contributed by atoms with E-state index in [1.807, 2.05) is 31.5 Å². The second kappa shape index (κ2) is 5.49. The van der Waals surface area contributed by atoms with Gasteiger partial charge in [0.05, 0.1) is 14.6 Å². The third-order valence-corrected chi connectivity index (χ3v) is 7.61. The number of thiazole rings is 1. The Balaban J connectivity index is 2.26. The van der Waals surface area contributed by atoms with Crippen LogP contribution in [0.25, 0.3) is 10.2 Å². The number of halogens is 1. The number of hydrogen-bond donors (Lipinski definition) is 0. The smallest absolute Gasteiger partial charge is 0.294 e. The molecular weight excluding hydrogens is 360 g/mol. The Morgan fingerprint density at radius 2 is 1.91 bits per heavy atom. The lowest BCUT2D eigenvalue weighted by Gasteiger charge is -2.00. The maximum atomic E-state index is 12.4. The van der Waals surface area contributed by atoms with Crippen LogP contribution in [0.15, 0.2) is 32.9 Å². The molecule has 2 heterocycles. The number of aryl methyl sites for hydroxylation is 3. The minimum absolute atomic E-state index is 0.155. The van der Waals surface area contributed by atoms with E-state index in [1.54, 1.807) is 6.07 Å². The van der Waals surface area contributed by atoms with Crippen LogP contribution in [0.2, 0.25) is 4.34 Å². The van der Waals surface area contributed by atoms with Gasteiger partial charge in [0.25, 0.3) is 10.0 Å². The molecule has 1 aromatic carbocycles. The van der Waals surface area contributed by atoms with Crippen molar-refractivity contribution in [3.63, 3.8) is 0 Å². The van der Waals surface area contributed by atoms with Gasteiger partial charge in [-0.05, 0) is 43.2 Å². The van der Waals surface area contributed by atoms with Crippen molar-refractivity contribution in [3.05, 3.63) is 44.5 Å². The number of sulfonamides is 1. The van der Waals surface area contributed by atoms with E-state index >= 15 is 0 Å². The van der Waals surface area contributed by atoms with E-state index in [2.05, 4.69) is 10.5 Å². The molecule has 0 aliphatic carbocycles. The second-order valence-corrected chi connectivity index (χ2v) is 9.52. The molecular formula is C14H13ClN2O2S3. The molecule has 0 saturated heterocycles. The van der Waals surface area contributed by atoms with E-state index in [0.717, 1.165) is 32.7 Å². The lowest BCUT2D eigenvalue weighted by Crippen LogP contribution is -2.13. The molecule has 8 heteroatoms. The van der Waals surface area contributed by atoms with Crippen molar-refractivity contribution in [2.75, 3.05) is 0 Å². The number of nitrogens with zero attached hydrogens (tertiary/aromatic N) is 2. The highest BCUT2D eigenvalue weighted by Gasteiger charge is 2.16. The summed E-state index contributed by atoms with van der Waals surface area (Å²) in [5.41, 5.74) is 3.24. The van der Waals surface area contributed by atoms with E-state index in [4.69, 9.17) is 11.6 Å². The Morgan fingerprint density at radius 3 is 2.55 bits per heavy atom. The summed E-state index contributed by atoms with van der Waals surface area (Å²) in [6, 6.07) is 7.16. The van der Waals surface area contributed by atoms with E-state index in [1.165, 1.54) is 17.4 Å². The van der Waals surface area contributed by atoms with Crippen LogP contribution >= 0.6 is 34.3 Å². The Bertz CT molecular complexity index is 1040. The monoisotopic (exact) mass is 372 g/mol. The van der Waals surface area contributed by atoms with E-state index in [9.17, 15) is 8.42 Å². The number of aromatic nitrogens is 1. The van der Waals surface area contributed by atoms with Gasteiger partial charge >= 0.3 is 0 Å². The molecule has 0 radical (unpaired) electrons. The van der Waals surface area contributed by atoms with Crippen molar-refractivity contribution in [3.8, 4) is 0 Å². The number of rotatable bonds is 2. The molecule has 22 heavy (non-hydrogen) atoms. The molecule has 0 saturated carbocycles. The zero-order valence-corrected chi connectivity index (χ0v) is 15.3. The first-order chi connectivity index (χ1) is 10.3. The van der Waals surface area contributed by atoms with Gasteiger partial charge in [-0.15, -0.1) is 15.7 Å². The summed E-state index contributed by atoms with van der Waals surface area (Å²) in [4.78, 5) is 0.452. The maximum absolute atomic E-state index is 12.4. The topological polar surface area (TPSA) is 51.4 Å². The van der Waals surface area contributed by atoms with Crippen LogP contribution in [0.3, 0.4) is 0 Å². The molecule has 0 N–H and O–H groups in total. The SMILES string of the molecule is Cc1cc(C)c2s/c(=N\S(=O)(=O)c3ccc(Cl)s3)n(C)c2c1. The third kappa shape index (κ3) is 2.74. The Hall–Kier alpha value is -1.15. The fourth-order valence-electron chi connectivity index (χ4n) is 2.24. The highest BCUT2D eigenvalue weighted by atomic mass is 35.5. The van der Waals surface area contributed by atoms with Gasteiger partial charge in [0.2, 0.25) is 4.80 Å². The summed E-state index contributed by atoms with van der Waals surface area (Å²) >= 11 is 8.20. The molecule has 0 fully saturated rings. The molecule has 3 rings (SSSR count). The standard InChI is InChI=1S/C14H13ClN2O2S3/c1-8-6-9(2)13-10(7-8)17(3)14(21-13)16-22(18,19)12-5-4-11(15)20-12/h4-7H,1-3H3/b16-14-. The van der Waals surface area contributed by atoms with Crippen LogP contribution in [-0.2, 0) is 17.1 Å². The molecule has 0 amide bonds. The largest absolute Gasteiger partial charge is 0.319 e. The zero-order valence-electron chi connectivity index (χ0n) is 12.1. The molecule has 3 aromatic rings. The molecule has 4 nitrogen and oxygen atoms in total. The highest BCUT2D eigenvalue weighted by Crippen LogP contribution is 2.27. The summed E-state index contributed by atoms with van der Waals surface area (Å²) in [6.45, 7) is 4.04. The first-order valence-corrected chi connectivity index (χ1v) is 9.86. The number of benzene rings is 1. The van der Waals surface area contributed by atoms with Crippen LogP contribution in [0.4, 0.5) is 0 Å². The predicted molar refractivity (Wildman–Crippen MR) is 92.3 cm³/mol. The van der Waals surface area contributed by atoms with Crippen molar-refractivity contribution in [1.29, 1.82) is 0 Å². The quantitative estimate of drug-likeness (QED) is 0.685. The zero-order chi connectivity index (χ0) is 16.1. The molecule has 0 spiro atoms. The lowest BCUT2D eigenvalue weighted by molar-refractivity contribution is 0.598. The minimum atomic E-state index is -3.74. The normalized spacial score (nSPS) is 13.2. The molecule has 116 valence electrons. The van der Waals surface area contributed by atoms with Gasteiger partial charge < -0.3 is 4.57 Å². The molecule has 0 bridgehead atoms. The molecule has 0 aliphatic rings. The van der Waals surface area contributed by atoms with Gasteiger partial charge in [-0.1, -0.05) is 29.0 Å². The number of fused-ring (bicyclic) bond motifs is 1. The van der Waals surface area contributed by atoms with Gasteiger partial charge in [0, 0.05) is 7.05 Å².